The molecule has 2 N–H and O–H groups in total. The summed E-state index contributed by atoms with van der Waals surface area (Å²) in [6, 6.07) is 4.99. The van der Waals surface area contributed by atoms with E-state index in [1.165, 1.54) is 18.6 Å². The molecule has 0 bridgehead atoms. The molecule has 7 nitrogen and oxygen atoms in total. The minimum Gasteiger partial charge on any atom is -0.507 e. The van der Waals surface area contributed by atoms with Gasteiger partial charge in [0.15, 0.2) is 5.11 Å². The van der Waals surface area contributed by atoms with Crippen molar-refractivity contribution < 1.29 is 19.4 Å². The maximum Gasteiger partial charge on any atom is 0.246 e. The van der Waals surface area contributed by atoms with E-state index in [-0.39, 0.29) is 17.6 Å². The highest BCUT2D eigenvalue weighted by molar-refractivity contribution is 7.80. The molecule has 3 rings (SSSR count). The number of rotatable bonds is 6. The van der Waals surface area contributed by atoms with Crippen molar-refractivity contribution in [2.75, 3.05) is 32.8 Å². The lowest BCUT2D eigenvalue weighted by molar-refractivity contribution is -0.129. The number of ether oxygens (including phenoxy) is 1. The molecule has 0 unspecified atom stereocenters. The first kappa shape index (κ1) is 22.1. The van der Waals surface area contributed by atoms with Crippen LogP contribution in [0.5, 0.6) is 11.5 Å². The van der Waals surface area contributed by atoms with Gasteiger partial charge in [-0.1, -0.05) is 0 Å². The van der Waals surface area contributed by atoms with Gasteiger partial charge in [0.05, 0.1) is 6.54 Å². The Morgan fingerprint density at radius 3 is 2.67 bits per heavy atom. The van der Waals surface area contributed by atoms with Crippen LogP contribution in [-0.4, -0.2) is 64.6 Å². The molecule has 0 atom stereocenters. The zero-order chi connectivity index (χ0) is 21.3. The first-order valence-corrected chi connectivity index (χ1v) is 11.0. The van der Waals surface area contributed by atoms with E-state index in [0.29, 0.717) is 42.5 Å². The number of aromatic hydroxyl groups is 1. The number of amides is 2. The molecule has 2 aliphatic heterocycles. The van der Waals surface area contributed by atoms with Crippen molar-refractivity contribution in [1.29, 1.82) is 0 Å². The van der Waals surface area contributed by atoms with Gasteiger partial charge in [-0.15, -0.1) is 0 Å². The van der Waals surface area contributed by atoms with Crippen molar-refractivity contribution in [2.24, 2.45) is 0 Å². The number of benzene rings is 1. The van der Waals surface area contributed by atoms with E-state index in [1.807, 2.05) is 4.90 Å². The summed E-state index contributed by atoms with van der Waals surface area (Å²) in [4.78, 5) is 27.5. The van der Waals surface area contributed by atoms with Crippen LogP contribution in [-0.2, 0) is 9.59 Å². The number of thiocarbonyl (C=S) groups is 1. The highest BCUT2D eigenvalue weighted by atomic mass is 32.1. The summed E-state index contributed by atoms with van der Waals surface area (Å²) in [5.41, 5.74) is 0.565. The molecule has 162 valence electrons. The number of phenolic OH excluding ortho intramolecular Hbond substituents is 1. The molecule has 1 aromatic rings. The predicted octanol–water partition coefficient (Wildman–Crippen LogP) is 2.68. The Bertz CT molecular complexity index is 806. The van der Waals surface area contributed by atoms with Crippen molar-refractivity contribution in [1.82, 2.24) is 15.1 Å². The average Bonchev–Trinajstić information content (AvgIpc) is 2.76. The topological polar surface area (TPSA) is 82.1 Å². The van der Waals surface area contributed by atoms with Crippen LogP contribution >= 0.6 is 12.2 Å². The molecule has 0 aliphatic carbocycles. The van der Waals surface area contributed by atoms with E-state index in [1.54, 1.807) is 23.1 Å². The van der Waals surface area contributed by atoms with E-state index in [4.69, 9.17) is 17.0 Å². The van der Waals surface area contributed by atoms with Crippen LogP contribution in [0.4, 0.5) is 0 Å². The summed E-state index contributed by atoms with van der Waals surface area (Å²) in [6.07, 6.45) is 8.83. The van der Waals surface area contributed by atoms with Crippen LogP contribution < -0.4 is 10.1 Å². The third-order valence-corrected chi connectivity index (χ3v) is 5.66. The van der Waals surface area contributed by atoms with Gasteiger partial charge in [-0.2, -0.15) is 0 Å². The fourth-order valence-corrected chi connectivity index (χ4v) is 3.87. The zero-order valence-electron chi connectivity index (χ0n) is 17.1. The zero-order valence-corrected chi connectivity index (χ0v) is 18.0. The third kappa shape index (κ3) is 6.19. The lowest BCUT2D eigenvalue weighted by atomic mass is 10.1. The highest BCUT2D eigenvalue weighted by Crippen LogP contribution is 2.25. The number of phenols is 1. The molecular weight excluding hydrogens is 402 g/mol. The third-order valence-electron chi connectivity index (χ3n) is 5.29. The summed E-state index contributed by atoms with van der Waals surface area (Å²) < 4.78 is 5.64. The number of likely N-dealkylation sites (tertiary alicyclic amines) is 2. The Labute approximate surface area is 182 Å². The van der Waals surface area contributed by atoms with Gasteiger partial charge in [-0.25, -0.2) is 0 Å². The molecule has 2 amide bonds. The Morgan fingerprint density at radius 1 is 1.17 bits per heavy atom. The molecule has 1 aromatic carbocycles. The van der Waals surface area contributed by atoms with E-state index in [9.17, 15) is 14.7 Å². The van der Waals surface area contributed by atoms with E-state index >= 15 is 0 Å². The van der Waals surface area contributed by atoms with Crippen LogP contribution in [0.1, 0.15) is 44.1 Å². The van der Waals surface area contributed by atoms with Crippen molar-refractivity contribution in [3.8, 4) is 11.5 Å². The van der Waals surface area contributed by atoms with Crippen molar-refractivity contribution in [3.63, 3.8) is 0 Å². The van der Waals surface area contributed by atoms with Crippen molar-refractivity contribution in [2.45, 2.75) is 38.5 Å². The highest BCUT2D eigenvalue weighted by Gasteiger charge is 2.21. The average molecular weight is 432 g/mol. The summed E-state index contributed by atoms with van der Waals surface area (Å²) in [7, 11) is 0. The smallest absolute Gasteiger partial charge is 0.246 e. The molecule has 0 spiro atoms. The molecular formula is C22H29N3O4S. The summed E-state index contributed by atoms with van der Waals surface area (Å²) >= 11 is 5.28. The van der Waals surface area contributed by atoms with Gasteiger partial charge in [0, 0.05) is 43.8 Å². The Kier molecular flexibility index (Phi) is 8.07. The predicted molar refractivity (Wildman–Crippen MR) is 119 cm³/mol. The standard InChI is InChI=1S/C22H29N3O4S/c26-19-16-18(29-15-11-23-22(30)25-14-5-2-6-21(25)28)9-7-17(19)8-10-20(27)24-12-3-1-4-13-24/h7-10,16,26H,1-6,11-15H2,(H,23,30)/b10-8+. The minimum atomic E-state index is -0.0244. The van der Waals surface area contributed by atoms with E-state index in [2.05, 4.69) is 5.32 Å². The fraction of sp³-hybridized carbons (Fsp3) is 0.500. The van der Waals surface area contributed by atoms with Gasteiger partial charge < -0.3 is 20.1 Å². The second-order valence-electron chi connectivity index (χ2n) is 7.52. The second kappa shape index (κ2) is 11.0. The molecule has 2 heterocycles. The normalized spacial score (nSPS) is 17.3. The van der Waals surface area contributed by atoms with Crippen LogP contribution in [0, 0.1) is 0 Å². The van der Waals surface area contributed by atoms with Gasteiger partial charge in [0.2, 0.25) is 11.8 Å². The Hall–Kier alpha value is -2.61. The van der Waals surface area contributed by atoms with Crippen molar-refractivity contribution >= 4 is 35.2 Å². The maximum absolute atomic E-state index is 12.2. The molecule has 0 aromatic heterocycles. The van der Waals surface area contributed by atoms with E-state index in [0.717, 1.165) is 38.8 Å². The number of hydrogen-bond donors (Lipinski definition) is 2. The summed E-state index contributed by atoms with van der Waals surface area (Å²) in [5, 5.41) is 13.7. The molecule has 2 fully saturated rings. The van der Waals surface area contributed by atoms with Crippen molar-refractivity contribution in [3.05, 3.63) is 29.8 Å². The number of nitrogens with zero attached hydrogens (tertiary/aromatic N) is 2. The largest absolute Gasteiger partial charge is 0.507 e. The van der Waals surface area contributed by atoms with Crippen LogP contribution in [0.2, 0.25) is 0 Å². The van der Waals surface area contributed by atoms with Crippen LogP contribution in [0.3, 0.4) is 0 Å². The first-order chi connectivity index (χ1) is 14.5. The fourth-order valence-electron chi connectivity index (χ4n) is 3.58. The summed E-state index contributed by atoms with van der Waals surface area (Å²) in [6.45, 7) is 3.05. The number of carbonyl (C=O) groups is 2. The molecule has 2 saturated heterocycles. The molecule has 0 radical (unpaired) electrons. The van der Waals surface area contributed by atoms with Gasteiger partial charge >= 0.3 is 0 Å². The number of nitrogens with one attached hydrogen (secondary N) is 1. The van der Waals surface area contributed by atoms with Gasteiger partial charge in [-0.05, 0) is 62.5 Å². The molecule has 8 heteroatoms. The van der Waals surface area contributed by atoms with Gasteiger partial charge in [-0.3, -0.25) is 14.5 Å². The Morgan fingerprint density at radius 2 is 1.93 bits per heavy atom. The number of hydrogen-bond acceptors (Lipinski definition) is 5. The SMILES string of the molecule is O=C(/C=C/c1ccc(OCCNC(=S)N2CCCCC2=O)cc1O)N1CCCCC1. The monoisotopic (exact) mass is 431 g/mol. The number of piperidine rings is 2. The molecule has 30 heavy (non-hydrogen) atoms. The molecule has 0 saturated carbocycles. The van der Waals surface area contributed by atoms with Crippen LogP contribution in [0.15, 0.2) is 24.3 Å². The van der Waals surface area contributed by atoms with Gasteiger partial charge in [0.1, 0.15) is 18.1 Å². The summed E-state index contributed by atoms with van der Waals surface area (Å²) in [5.74, 6) is 0.613. The lowest BCUT2D eigenvalue weighted by Crippen LogP contribution is -2.46. The second-order valence-corrected chi connectivity index (χ2v) is 7.91. The first-order valence-electron chi connectivity index (χ1n) is 10.6. The quantitative estimate of drug-likeness (QED) is 0.409. The van der Waals surface area contributed by atoms with E-state index < -0.39 is 0 Å². The lowest BCUT2D eigenvalue weighted by Gasteiger charge is -2.27. The Balaban J connectivity index is 1.43. The molecule has 2 aliphatic rings. The number of carbonyl (C=O) groups excluding carboxylic acids is 2. The van der Waals surface area contributed by atoms with Crippen LogP contribution in [0.25, 0.3) is 6.08 Å². The maximum atomic E-state index is 12.2. The minimum absolute atomic E-state index is 0.0244. The van der Waals surface area contributed by atoms with Gasteiger partial charge in [0.25, 0.3) is 0 Å².